The summed E-state index contributed by atoms with van der Waals surface area (Å²) in [6.45, 7) is 6.74. The number of halogens is 3. The van der Waals surface area contributed by atoms with E-state index in [-0.39, 0.29) is 36.1 Å². The number of aromatic nitrogens is 2. The molecule has 0 saturated carbocycles. The van der Waals surface area contributed by atoms with Gasteiger partial charge in [-0.05, 0) is 38.5 Å². The van der Waals surface area contributed by atoms with Crippen LogP contribution in [-0.2, 0) is 11.3 Å². The van der Waals surface area contributed by atoms with Gasteiger partial charge in [0.05, 0.1) is 22.6 Å². The van der Waals surface area contributed by atoms with Gasteiger partial charge in [-0.15, -0.1) is 24.0 Å². The zero-order valence-corrected chi connectivity index (χ0v) is 19.5. The highest BCUT2D eigenvalue weighted by Gasteiger charge is 2.15. The minimum absolute atomic E-state index is 0. The summed E-state index contributed by atoms with van der Waals surface area (Å²) < 4.78 is 10.7. The van der Waals surface area contributed by atoms with Crippen LogP contribution in [0.1, 0.15) is 50.2 Å². The van der Waals surface area contributed by atoms with E-state index in [1.165, 1.54) is 0 Å². The summed E-state index contributed by atoms with van der Waals surface area (Å²) in [5.41, 5.74) is 0.993. The second-order valence-corrected chi connectivity index (χ2v) is 6.42. The van der Waals surface area contributed by atoms with Crippen molar-refractivity contribution in [1.82, 2.24) is 20.8 Å². The minimum Gasteiger partial charge on any atom is -0.371 e. The number of guanidine groups is 1. The average molecular weight is 528 g/mol. The number of aliphatic imine (C=N–C) groups is 1. The normalized spacial score (nSPS) is 13.6. The van der Waals surface area contributed by atoms with Crippen LogP contribution in [0.2, 0.25) is 10.0 Å². The molecule has 1 heterocycles. The second-order valence-electron chi connectivity index (χ2n) is 5.61. The number of rotatable bonds is 7. The van der Waals surface area contributed by atoms with Gasteiger partial charge in [-0.3, -0.25) is 4.99 Å². The molecule has 10 heteroatoms. The number of nitrogens with one attached hydrogen (secondary N) is 2. The molecule has 1 aromatic carbocycles. The third kappa shape index (κ3) is 7.10. The van der Waals surface area contributed by atoms with Gasteiger partial charge in [0.15, 0.2) is 11.8 Å². The Kier molecular flexibility index (Phi) is 10.4. The van der Waals surface area contributed by atoms with Gasteiger partial charge in [-0.2, -0.15) is 4.98 Å². The Morgan fingerprint density at radius 1 is 1.30 bits per heavy atom. The Balaban J connectivity index is 0.00000364. The number of ether oxygens (including phenoxy) is 1. The van der Waals surface area contributed by atoms with Gasteiger partial charge in [0.25, 0.3) is 0 Å². The van der Waals surface area contributed by atoms with E-state index in [0.717, 1.165) is 5.56 Å². The Hall–Kier alpha value is -1.10. The van der Waals surface area contributed by atoms with E-state index < -0.39 is 0 Å². The molecule has 2 N–H and O–H groups in total. The predicted octanol–water partition coefficient (Wildman–Crippen LogP) is 4.52. The lowest BCUT2D eigenvalue weighted by Gasteiger charge is -2.18. The van der Waals surface area contributed by atoms with Crippen LogP contribution in [-0.4, -0.2) is 29.8 Å². The van der Waals surface area contributed by atoms with Crippen molar-refractivity contribution in [2.75, 3.05) is 13.7 Å². The maximum atomic E-state index is 6.08. The highest BCUT2D eigenvalue weighted by Crippen LogP contribution is 2.25. The predicted molar refractivity (Wildman–Crippen MR) is 118 cm³/mol. The summed E-state index contributed by atoms with van der Waals surface area (Å²) in [6, 6.07) is 5.49. The Bertz CT molecular complexity index is 757. The van der Waals surface area contributed by atoms with Gasteiger partial charge in [-0.25, -0.2) is 0 Å². The molecule has 0 aliphatic carbocycles. The Morgan fingerprint density at radius 2 is 2.04 bits per heavy atom. The number of hydrogen-bond donors (Lipinski definition) is 2. The molecule has 0 radical (unpaired) electrons. The fourth-order valence-electron chi connectivity index (χ4n) is 2.25. The standard InChI is InChI=1S/C17H23Cl2N5O2.HI/c1-5-25-11(3)16-23-15(26-24-16)9-21-17(20-4)22-10(2)12-6-7-13(18)14(19)8-12;/h6-8,10-11H,5,9H2,1-4H3,(H2,20,21,22);1H. The van der Waals surface area contributed by atoms with Gasteiger partial charge >= 0.3 is 0 Å². The lowest BCUT2D eigenvalue weighted by Crippen LogP contribution is -2.38. The second kappa shape index (κ2) is 11.7. The SMILES string of the molecule is CCOC(C)c1noc(CNC(=NC)NC(C)c2ccc(Cl)c(Cl)c2)n1.I. The minimum atomic E-state index is -0.204. The third-order valence-corrected chi connectivity index (χ3v) is 4.43. The molecule has 2 rings (SSSR count). The fraction of sp³-hybridized carbons (Fsp3) is 0.471. The number of nitrogens with zero attached hydrogens (tertiary/aromatic N) is 3. The number of hydrogen-bond acceptors (Lipinski definition) is 5. The molecule has 0 aliphatic heterocycles. The lowest BCUT2D eigenvalue weighted by molar-refractivity contribution is 0.0683. The summed E-state index contributed by atoms with van der Waals surface area (Å²) in [4.78, 5) is 8.51. The van der Waals surface area contributed by atoms with Crippen molar-refractivity contribution in [1.29, 1.82) is 0 Å². The first-order valence-electron chi connectivity index (χ1n) is 8.30. The highest BCUT2D eigenvalue weighted by molar-refractivity contribution is 14.0. The molecule has 2 aromatic rings. The van der Waals surface area contributed by atoms with E-state index in [4.69, 9.17) is 32.5 Å². The summed E-state index contributed by atoms with van der Waals surface area (Å²) in [5, 5.41) is 11.4. The monoisotopic (exact) mass is 527 g/mol. The Labute approximate surface area is 186 Å². The summed E-state index contributed by atoms with van der Waals surface area (Å²) in [7, 11) is 1.69. The van der Waals surface area contributed by atoms with Crippen LogP contribution in [0.5, 0.6) is 0 Å². The fourth-order valence-corrected chi connectivity index (χ4v) is 2.56. The molecule has 150 valence electrons. The van der Waals surface area contributed by atoms with E-state index >= 15 is 0 Å². The van der Waals surface area contributed by atoms with Gasteiger partial charge in [0.2, 0.25) is 5.89 Å². The van der Waals surface area contributed by atoms with Crippen molar-refractivity contribution in [2.45, 2.75) is 39.5 Å². The van der Waals surface area contributed by atoms with Crippen molar-refractivity contribution in [2.24, 2.45) is 4.99 Å². The van der Waals surface area contributed by atoms with Crippen LogP contribution < -0.4 is 10.6 Å². The largest absolute Gasteiger partial charge is 0.371 e. The van der Waals surface area contributed by atoms with Gasteiger partial charge in [0.1, 0.15) is 6.10 Å². The van der Waals surface area contributed by atoms with Gasteiger partial charge < -0.3 is 19.9 Å². The molecule has 7 nitrogen and oxygen atoms in total. The molecule has 0 spiro atoms. The zero-order valence-electron chi connectivity index (χ0n) is 15.6. The summed E-state index contributed by atoms with van der Waals surface area (Å²) in [5.74, 6) is 1.58. The van der Waals surface area contributed by atoms with Crippen LogP contribution in [0.3, 0.4) is 0 Å². The molecule has 0 saturated heterocycles. The maximum Gasteiger partial charge on any atom is 0.246 e. The third-order valence-electron chi connectivity index (χ3n) is 3.69. The first-order valence-corrected chi connectivity index (χ1v) is 9.06. The summed E-state index contributed by atoms with van der Waals surface area (Å²) in [6.07, 6.45) is -0.204. The summed E-state index contributed by atoms with van der Waals surface area (Å²) >= 11 is 12.0. The first kappa shape index (κ1) is 23.9. The lowest BCUT2D eigenvalue weighted by atomic mass is 10.1. The molecule has 0 aliphatic rings. The van der Waals surface area contributed by atoms with Crippen LogP contribution in [0.15, 0.2) is 27.7 Å². The molecular formula is C17H24Cl2IN5O2. The topological polar surface area (TPSA) is 84.6 Å². The molecule has 2 atom stereocenters. The van der Waals surface area contributed by atoms with Crippen molar-refractivity contribution in [3.63, 3.8) is 0 Å². The number of benzene rings is 1. The van der Waals surface area contributed by atoms with Crippen molar-refractivity contribution in [3.8, 4) is 0 Å². The Morgan fingerprint density at radius 3 is 2.67 bits per heavy atom. The van der Waals surface area contributed by atoms with Crippen LogP contribution in [0.25, 0.3) is 0 Å². The average Bonchev–Trinajstić information content (AvgIpc) is 3.10. The maximum absolute atomic E-state index is 6.08. The van der Waals surface area contributed by atoms with E-state index in [1.54, 1.807) is 13.1 Å². The molecule has 27 heavy (non-hydrogen) atoms. The highest BCUT2D eigenvalue weighted by atomic mass is 127. The van der Waals surface area contributed by atoms with Crippen molar-refractivity contribution < 1.29 is 9.26 Å². The molecular weight excluding hydrogens is 504 g/mol. The molecule has 0 fully saturated rings. The van der Waals surface area contributed by atoms with Crippen molar-refractivity contribution >= 4 is 53.1 Å². The molecule has 1 aromatic heterocycles. The van der Waals surface area contributed by atoms with E-state index in [9.17, 15) is 0 Å². The van der Waals surface area contributed by atoms with E-state index in [1.807, 2.05) is 32.9 Å². The molecule has 2 unspecified atom stereocenters. The van der Waals surface area contributed by atoms with Crippen molar-refractivity contribution in [3.05, 3.63) is 45.5 Å². The molecule has 0 bridgehead atoms. The quantitative estimate of drug-likeness (QED) is 0.313. The molecule has 0 amide bonds. The van der Waals surface area contributed by atoms with Crippen LogP contribution in [0, 0.1) is 0 Å². The van der Waals surface area contributed by atoms with E-state index in [2.05, 4.69) is 25.8 Å². The first-order chi connectivity index (χ1) is 12.4. The van der Waals surface area contributed by atoms with Gasteiger partial charge in [0, 0.05) is 13.7 Å². The van der Waals surface area contributed by atoms with Gasteiger partial charge in [-0.1, -0.05) is 34.4 Å². The van der Waals surface area contributed by atoms with Crippen LogP contribution in [0.4, 0.5) is 0 Å². The van der Waals surface area contributed by atoms with Crippen LogP contribution >= 0.6 is 47.2 Å². The zero-order chi connectivity index (χ0) is 19.1. The van der Waals surface area contributed by atoms with E-state index in [0.29, 0.717) is 40.9 Å². The smallest absolute Gasteiger partial charge is 0.246 e.